The first-order valence-corrected chi connectivity index (χ1v) is 14.9. The van der Waals surface area contributed by atoms with Crippen molar-refractivity contribution in [2.24, 2.45) is 11.8 Å². The van der Waals surface area contributed by atoms with Gasteiger partial charge in [0, 0.05) is 25.4 Å². The largest absolute Gasteiger partial charge is 0.501 e. The Balaban J connectivity index is 1.83. The Hall–Kier alpha value is -4.40. The summed E-state index contributed by atoms with van der Waals surface area (Å²) in [5, 5.41) is 8.30. The van der Waals surface area contributed by atoms with Crippen molar-refractivity contribution < 1.29 is 33.4 Å². The van der Waals surface area contributed by atoms with Crippen molar-refractivity contribution in [2.45, 2.75) is 72.1 Å². The number of nitrogens with zero attached hydrogens (tertiary/aromatic N) is 3. The van der Waals surface area contributed by atoms with Crippen LogP contribution in [0, 0.1) is 11.8 Å². The van der Waals surface area contributed by atoms with Gasteiger partial charge in [-0.15, -0.1) is 0 Å². The van der Waals surface area contributed by atoms with Gasteiger partial charge >= 0.3 is 12.2 Å². The van der Waals surface area contributed by atoms with Gasteiger partial charge in [-0.2, -0.15) is 0 Å². The van der Waals surface area contributed by atoms with Gasteiger partial charge in [0.15, 0.2) is 5.78 Å². The number of Topliss-reactive ketones (excluding diaryl/α,β-unsaturated/α-hetero) is 1. The number of amides is 3. The number of ether oxygens (including phenoxy) is 3. The molecular weight excluding hydrogens is 584 g/mol. The smallest absolute Gasteiger partial charge is 0.407 e. The van der Waals surface area contributed by atoms with Gasteiger partial charge in [0.05, 0.1) is 63.6 Å². The first-order chi connectivity index (χ1) is 21.3. The molecule has 0 fully saturated rings. The standard InChI is InChI=1S/C30H48N8O7/c1-17(2)24(36-29(41)43-8)23(39)16-31-19(5)26-32-14-21(34-26)10-12-45-13-11-22-15-33-27(35-22)20(6)38(7)28(40)25(18(3)4)37-30(42)44-9/h10,12,14-15,17-20,24-25,31H,11,13,16H2,1-9H3,(H,32,34)(H,33,35)(H,36,41)(H,37,42)/b12-10+/t19-,20-,24+,25+/m0/s1. The zero-order valence-corrected chi connectivity index (χ0v) is 27.6. The van der Waals surface area contributed by atoms with E-state index in [-0.39, 0.29) is 42.2 Å². The number of carbonyl (C=O) groups is 4. The molecule has 0 bridgehead atoms. The second kappa shape index (κ2) is 17.8. The van der Waals surface area contributed by atoms with Crippen molar-refractivity contribution in [3.05, 3.63) is 41.7 Å². The molecule has 2 aromatic rings. The lowest BCUT2D eigenvalue weighted by Crippen LogP contribution is -2.50. The molecule has 0 unspecified atom stereocenters. The second-order valence-corrected chi connectivity index (χ2v) is 11.4. The number of carbonyl (C=O) groups excluding carboxylic acids is 4. The Morgan fingerprint density at radius 3 is 2.09 bits per heavy atom. The molecule has 45 heavy (non-hydrogen) atoms. The number of methoxy groups -OCH3 is 2. The van der Waals surface area contributed by atoms with E-state index in [1.165, 1.54) is 14.2 Å². The van der Waals surface area contributed by atoms with Crippen LogP contribution in [0.1, 0.15) is 76.7 Å². The summed E-state index contributed by atoms with van der Waals surface area (Å²) in [4.78, 5) is 65.7. The molecule has 2 aromatic heterocycles. The van der Waals surface area contributed by atoms with E-state index >= 15 is 0 Å². The summed E-state index contributed by atoms with van der Waals surface area (Å²) in [6.45, 7) is 11.6. The molecule has 0 aliphatic rings. The summed E-state index contributed by atoms with van der Waals surface area (Å²) in [6.07, 6.45) is 5.94. The molecule has 0 aliphatic heterocycles. The fraction of sp³-hybridized carbons (Fsp3) is 0.600. The number of H-pyrrole nitrogens is 2. The van der Waals surface area contributed by atoms with Gasteiger partial charge in [-0.05, 0) is 31.8 Å². The van der Waals surface area contributed by atoms with Crippen molar-refractivity contribution in [3.63, 3.8) is 0 Å². The highest BCUT2D eigenvalue weighted by atomic mass is 16.5. The molecule has 0 radical (unpaired) electrons. The summed E-state index contributed by atoms with van der Waals surface area (Å²) in [6, 6.07) is -1.99. The van der Waals surface area contributed by atoms with Gasteiger partial charge in [-0.3, -0.25) is 9.59 Å². The van der Waals surface area contributed by atoms with Crippen LogP contribution in [0.3, 0.4) is 0 Å². The lowest BCUT2D eigenvalue weighted by molar-refractivity contribution is -0.135. The number of imidazole rings is 2. The van der Waals surface area contributed by atoms with E-state index in [4.69, 9.17) is 4.74 Å². The van der Waals surface area contributed by atoms with Crippen LogP contribution in [-0.4, -0.2) is 95.2 Å². The van der Waals surface area contributed by atoms with Crippen LogP contribution in [0.15, 0.2) is 18.7 Å². The fourth-order valence-corrected chi connectivity index (χ4v) is 4.29. The van der Waals surface area contributed by atoms with Crippen molar-refractivity contribution in [1.82, 2.24) is 40.8 Å². The van der Waals surface area contributed by atoms with Crippen molar-refractivity contribution >= 4 is 30.0 Å². The van der Waals surface area contributed by atoms with Crippen molar-refractivity contribution in [2.75, 3.05) is 34.4 Å². The third-order valence-electron chi connectivity index (χ3n) is 7.28. The van der Waals surface area contributed by atoms with E-state index in [1.807, 2.05) is 41.5 Å². The molecular formula is C30H48N8O7. The van der Waals surface area contributed by atoms with E-state index in [1.54, 1.807) is 36.7 Å². The average molecular weight is 633 g/mol. The van der Waals surface area contributed by atoms with Gasteiger partial charge in [-0.1, -0.05) is 27.7 Å². The van der Waals surface area contributed by atoms with E-state index in [2.05, 4.69) is 45.4 Å². The van der Waals surface area contributed by atoms with Crippen molar-refractivity contribution in [3.8, 4) is 0 Å². The highest BCUT2D eigenvalue weighted by molar-refractivity contribution is 5.89. The highest BCUT2D eigenvalue weighted by Gasteiger charge is 2.31. The third kappa shape index (κ3) is 11.2. The molecule has 2 heterocycles. The number of rotatable bonds is 17. The van der Waals surface area contributed by atoms with Crippen LogP contribution in [0.25, 0.3) is 6.08 Å². The van der Waals surface area contributed by atoms with Gasteiger partial charge in [0.25, 0.3) is 0 Å². The fourth-order valence-electron chi connectivity index (χ4n) is 4.29. The van der Waals surface area contributed by atoms with Gasteiger partial charge in [-0.25, -0.2) is 19.6 Å². The normalized spacial score (nSPS) is 14.1. The molecule has 0 saturated heterocycles. The topological polar surface area (TPSA) is 193 Å². The number of nitrogens with one attached hydrogen (secondary N) is 5. The molecule has 15 nitrogen and oxygen atoms in total. The maximum absolute atomic E-state index is 13.1. The summed E-state index contributed by atoms with van der Waals surface area (Å²) < 4.78 is 14.9. The summed E-state index contributed by atoms with van der Waals surface area (Å²) in [7, 11) is 4.18. The monoisotopic (exact) mass is 632 g/mol. The summed E-state index contributed by atoms with van der Waals surface area (Å²) in [5.74, 6) is 0.635. The van der Waals surface area contributed by atoms with E-state index in [0.29, 0.717) is 24.7 Å². The highest BCUT2D eigenvalue weighted by Crippen LogP contribution is 2.19. The Morgan fingerprint density at radius 2 is 1.49 bits per heavy atom. The molecule has 0 aromatic carbocycles. The molecule has 250 valence electrons. The van der Waals surface area contributed by atoms with Crippen LogP contribution in [0.2, 0.25) is 0 Å². The summed E-state index contributed by atoms with van der Waals surface area (Å²) >= 11 is 0. The Labute approximate surface area is 264 Å². The van der Waals surface area contributed by atoms with Gasteiger partial charge < -0.3 is 45.0 Å². The number of ketones is 1. The molecule has 4 atom stereocenters. The number of likely N-dealkylation sites (N-methyl/N-ethyl adjacent to an activating group) is 1. The minimum absolute atomic E-state index is 0.0503. The zero-order chi connectivity index (χ0) is 33.7. The number of aromatic amines is 2. The maximum Gasteiger partial charge on any atom is 0.407 e. The first-order valence-electron chi connectivity index (χ1n) is 14.9. The maximum atomic E-state index is 13.1. The predicted molar refractivity (Wildman–Crippen MR) is 167 cm³/mol. The van der Waals surface area contributed by atoms with Crippen LogP contribution in [0.4, 0.5) is 9.59 Å². The molecule has 3 amide bonds. The van der Waals surface area contributed by atoms with E-state index in [0.717, 1.165) is 11.4 Å². The molecule has 5 N–H and O–H groups in total. The number of hydrogen-bond acceptors (Lipinski definition) is 10. The SMILES string of the molecule is COC(=O)N[C@@H](C(=O)CN[C@@H](C)c1ncc(/C=C/OCCc2cnc([C@H](C)N(C)C(=O)[C@H](NC(=O)OC)C(C)C)[nH]2)[nH]1)C(C)C. The van der Waals surface area contributed by atoms with Crippen LogP contribution >= 0.6 is 0 Å². The minimum atomic E-state index is -0.728. The van der Waals surface area contributed by atoms with E-state index in [9.17, 15) is 19.2 Å². The van der Waals surface area contributed by atoms with Gasteiger partial charge in [0.2, 0.25) is 5.91 Å². The molecule has 0 aliphatic carbocycles. The lowest BCUT2D eigenvalue weighted by atomic mass is 10.00. The van der Waals surface area contributed by atoms with Crippen LogP contribution < -0.4 is 16.0 Å². The zero-order valence-electron chi connectivity index (χ0n) is 27.6. The quantitative estimate of drug-likeness (QED) is 0.128. The number of hydrogen-bond donors (Lipinski definition) is 5. The first kappa shape index (κ1) is 36.8. The molecule has 0 saturated carbocycles. The minimum Gasteiger partial charge on any atom is -0.501 e. The van der Waals surface area contributed by atoms with Gasteiger partial charge in [0.1, 0.15) is 17.7 Å². The van der Waals surface area contributed by atoms with Crippen molar-refractivity contribution in [1.29, 1.82) is 0 Å². The summed E-state index contributed by atoms with van der Waals surface area (Å²) in [5.41, 5.74) is 1.57. The predicted octanol–water partition coefficient (Wildman–Crippen LogP) is 2.86. The average Bonchev–Trinajstić information content (AvgIpc) is 3.69. The Kier molecular flexibility index (Phi) is 14.5. The number of aromatic nitrogens is 4. The van der Waals surface area contributed by atoms with Crippen LogP contribution in [0.5, 0.6) is 0 Å². The molecule has 15 heteroatoms. The number of alkyl carbamates (subject to hydrolysis) is 2. The second-order valence-electron chi connectivity index (χ2n) is 11.4. The molecule has 0 spiro atoms. The third-order valence-corrected chi connectivity index (χ3v) is 7.28. The lowest BCUT2D eigenvalue weighted by Gasteiger charge is -2.30. The van der Waals surface area contributed by atoms with E-state index < -0.39 is 24.3 Å². The van der Waals surface area contributed by atoms with Crippen LogP contribution in [-0.2, 0) is 30.2 Å². The molecule has 2 rings (SSSR count). The Bertz CT molecular complexity index is 1290. The Morgan fingerprint density at radius 1 is 0.889 bits per heavy atom.